The maximum atomic E-state index is 11.6. The Labute approximate surface area is 119 Å². The molecule has 2 rings (SSSR count). The van der Waals surface area contributed by atoms with Crippen LogP contribution in [-0.4, -0.2) is 13.0 Å². The summed E-state index contributed by atoms with van der Waals surface area (Å²) in [6, 6.07) is 15.7. The first-order valence-electron chi connectivity index (χ1n) is 6.77. The molecule has 20 heavy (non-hydrogen) atoms. The fourth-order valence-corrected chi connectivity index (χ4v) is 2.03. The number of hydrogen-bond acceptors (Lipinski definition) is 2. The summed E-state index contributed by atoms with van der Waals surface area (Å²) in [5.74, 6) is 0.873. The molecule has 0 spiro atoms. The lowest BCUT2D eigenvalue weighted by atomic mass is 10.0. The molecule has 0 aliphatic carbocycles. The molecule has 0 heterocycles. The third kappa shape index (κ3) is 3.60. The van der Waals surface area contributed by atoms with Gasteiger partial charge < -0.3 is 10.1 Å². The molecule has 0 saturated heterocycles. The number of hydrogen-bond donors (Lipinski definition) is 1. The number of benzene rings is 2. The minimum Gasteiger partial charge on any atom is -0.497 e. The third-order valence-corrected chi connectivity index (χ3v) is 3.03. The van der Waals surface area contributed by atoms with E-state index in [0.29, 0.717) is 6.42 Å². The Balaban J connectivity index is 2.22. The summed E-state index contributed by atoms with van der Waals surface area (Å²) in [4.78, 5) is 11.6. The van der Waals surface area contributed by atoms with Gasteiger partial charge in [-0.1, -0.05) is 31.2 Å². The zero-order valence-corrected chi connectivity index (χ0v) is 11.8. The van der Waals surface area contributed by atoms with E-state index in [0.717, 1.165) is 29.0 Å². The van der Waals surface area contributed by atoms with E-state index in [1.165, 1.54) is 0 Å². The minimum absolute atomic E-state index is 0.0512. The average molecular weight is 269 g/mol. The molecular weight excluding hydrogens is 250 g/mol. The number of carbonyl (C=O) groups is 1. The molecule has 1 N–H and O–H groups in total. The van der Waals surface area contributed by atoms with Crippen LogP contribution in [0.4, 0.5) is 5.69 Å². The molecule has 0 aliphatic heterocycles. The van der Waals surface area contributed by atoms with Crippen molar-refractivity contribution in [2.24, 2.45) is 0 Å². The highest BCUT2D eigenvalue weighted by Gasteiger charge is 2.03. The molecule has 0 aromatic heterocycles. The summed E-state index contributed by atoms with van der Waals surface area (Å²) in [5, 5.41) is 2.91. The zero-order valence-electron chi connectivity index (χ0n) is 11.8. The van der Waals surface area contributed by atoms with E-state index in [2.05, 4.69) is 5.32 Å². The Morgan fingerprint density at radius 2 is 1.80 bits per heavy atom. The van der Waals surface area contributed by atoms with Crippen LogP contribution in [0.15, 0.2) is 48.5 Å². The molecule has 3 heteroatoms. The Bertz CT molecular complexity index is 593. The Hall–Kier alpha value is -2.29. The molecule has 104 valence electrons. The Morgan fingerprint density at radius 1 is 1.10 bits per heavy atom. The van der Waals surface area contributed by atoms with Gasteiger partial charge in [-0.3, -0.25) is 4.79 Å². The normalized spacial score (nSPS) is 10.1. The minimum atomic E-state index is 0.0512. The summed E-state index contributed by atoms with van der Waals surface area (Å²) in [6.45, 7) is 1.99. The molecule has 1 amide bonds. The molecule has 0 unspecified atom stereocenters. The van der Waals surface area contributed by atoms with Crippen LogP contribution >= 0.6 is 0 Å². The molecule has 0 bridgehead atoms. The van der Waals surface area contributed by atoms with Gasteiger partial charge >= 0.3 is 0 Å². The highest BCUT2D eigenvalue weighted by molar-refractivity contribution is 5.91. The van der Waals surface area contributed by atoms with E-state index in [9.17, 15) is 4.79 Å². The molecule has 0 radical (unpaired) electrons. The highest BCUT2D eigenvalue weighted by Crippen LogP contribution is 2.26. The van der Waals surface area contributed by atoms with Crippen LogP contribution in [0.2, 0.25) is 0 Å². The largest absolute Gasteiger partial charge is 0.497 e. The zero-order chi connectivity index (χ0) is 14.4. The Morgan fingerprint density at radius 3 is 2.50 bits per heavy atom. The second-order valence-corrected chi connectivity index (χ2v) is 4.61. The van der Waals surface area contributed by atoms with Gasteiger partial charge in [-0.05, 0) is 41.8 Å². The molecule has 0 atom stereocenters. The maximum absolute atomic E-state index is 11.6. The van der Waals surface area contributed by atoms with Crippen molar-refractivity contribution in [2.75, 3.05) is 12.4 Å². The van der Waals surface area contributed by atoms with Crippen molar-refractivity contribution in [1.82, 2.24) is 0 Å². The monoisotopic (exact) mass is 269 g/mol. The molecule has 0 saturated carbocycles. The van der Waals surface area contributed by atoms with E-state index >= 15 is 0 Å². The van der Waals surface area contributed by atoms with Crippen molar-refractivity contribution in [3.63, 3.8) is 0 Å². The van der Waals surface area contributed by atoms with Crippen LogP contribution in [0.3, 0.4) is 0 Å². The SMILES string of the molecule is CCCC(=O)Nc1cccc(-c2cccc(OC)c2)c1. The van der Waals surface area contributed by atoms with Crippen LogP contribution in [0.25, 0.3) is 11.1 Å². The van der Waals surface area contributed by atoms with Gasteiger partial charge in [0, 0.05) is 12.1 Å². The van der Waals surface area contributed by atoms with Gasteiger partial charge in [0.25, 0.3) is 0 Å². The number of ether oxygens (including phenoxy) is 1. The van der Waals surface area contributed by atoms with Gasteiger partial charge in [-0.2, -0.15) is 0 Å². The van der Waals surface area contributed by atoms with E-state index in [1.807, 2.05) is 55.5 Å². The number of methoxy groups -OCH3 is 1. The number of anilines is 1. The molecule has 2 aromatic rings. The fourth-order valence-electron chi connectivity index (χ4n) is 2.03. The first-order chi connectivity index (χ1) is 9.72. The van der Waals surface area contributed by atoms with Crippen LogP contribution in [0, 0.1) is 0 Å². The van der Waals surface area contributed by atoms with Gasteiger partial charge in [0.2, 0.25) is 5.91 Å². The van der Waals surface area contributed by atoms with E-state index in [-0.39, 0.29) is 5.91 Å². The smallest absolute Gasteiger partial charge is 0.224 e. The van der Waals surface area contributed by atoms with Crippen LogP contribution < -0.4 is 10.1 Å². The number of nitrogens with one attached hydrogen (secondary N) is 1. The average Bonchev–Trinajstić information content (AvgIpc) is 2.48. The summed E-state index contributed by atoms with van der Waals surface area (Å²) < 4.78 is 5.23. The highest BCUT2D eigenvalue weighted by atomic mass is 16.5. The van der Waals surface area contributed by atoms with Crippen molar-refractivity contribution in [3.8, 4) is 16.9 Å². The van der Waals surface area contributed by atoms with Crippen molar-refractivity contribution < 1.29 is 9.53 Å². The predicted octanol–water partition coefficient (Wildman–Crippen LogP) is 4.10. The summed E-state index contributed by atoms with van der Waals surface area (Å²) in [5.41, 5.74) is 2.94. The first kappa shape index (κ1) is 14.1. The summed E-state index contributed by atoms with van der Waals surface area (Å²) in [6.07, 6.45) is 1.39. The quantitative estimate of drug-likeness (QED) is 0.887. The topological polar surface area (TPSA) is 38.3 Å². The molecule has 0 fully saturated rings. The first-order valence-corrected chi connectivity index (χ1v) is 6.77. The van der Waals surface area contributed by atoms with Gasteiger partial charge in [0.1, 0.15) is 5.75 Å². The lowest BCUT2D eigenvalue weighted by molar-refractivity contribution is -0.116. The summed E-state index contributed by atoms with van der Waals surface area (Å²) >= 11 is 0. The van der Waals surface area contributed by atoms with Gasteiger partial charge in [-0.25, -0.2) is 0 Å². The van der Waals surface area contributed by atoms with Crippen molar-refractivity contribution in [3.05, 3.63) is 48.5 Å². The number of amides is 1. The molecule has 0 aliphatic rings. The maximum Gasteiger partial charge on any atom is 0.224 e. The van der Waals surface area contributed by atoms with Gasteiger partial charge in [0.05, 0.1) is 7.11 Å². The summed E-state index contributed by atoms with van der Waals surface area (Å²) in [7, 11) is 1.65. The molecule has 3 nitrogen and oxygen atoms in total. The lowest BCUT2D eigenvalue weighted by Crippen LogP contribution is -2.10. The molecule has 2 aromatic carbocycles. The lowest BCUT2D eigenvalue weighted by Gasteiger charge is -2.08. The standard InChI is InChI=1S/C17H19NO2/c1-3-6-17(19)18-15-9-4-7-13(11-15)14-8-5-10-16(12-14)20-2/h4-5,7-12H,3,6H2,1-2H3,(H,18,19). The van der Waals surface area contributed by atoms with Crippen molar-refractivity contribution in [1.29, 1.82) is 0 Å². The van der Waals surface area contributed by atoms with Crippen LogP contribution in [0.1, 0.15) is 19.8 Å². The second kappa shape index (κ2) is 6.75. The molecular formula is C17H19NO2. The Kier molecular flexibility index (Phi) is 4.77. The van der Waals surface area contributed by atoms with E-state index in [1.54, 1.807) is 7.11 Å². The second-order valence-electron chi connectivity index (χ2n) is 4.61. The van der Waals surface area contributed by atoms with Gasteiger partial charge in [-0.15, -0.1) is 0 Å². The van der Waals surface area contributed by atoms with Crippen molar-refractivity contribution >= 4 is 11.6 Å². The van der Waals surface area contributed by atoms with Gasteiger partial charge in [0.15, 0.2) is 0 Å². The van der Waals surface area contributed by atoms with Crippen LogP contribution in [0.5, 0.6) is 5.75 Å². The predicted molar refractivity (Wildman–Crippen MR) is 82.0 cm³/mol. The fraction of sp³-hybridized carbons (Fsp3) is 0.235. The number of carbonyl (C=O) groups excluding carboxylic acids is 1. The van der Waals surface area contributed by atoms with E-state index in [4.69, 9.17) is 4.74 Å². The third-order valence-electron chi connectivity index (χ3n) is 3.03. The van der Waals surface area contributed by atoms with Crippen LogP contribution in [-0.2, 0) is 4.79 Å². The number of rotatable bonds is 5. The van der Waals surface area contributed by atoms with E-state index < -0.39 is 0 Å². The van der Waals surface area contributed by atoms with Crippen molar-refractivity contribution in [2.45, 2.75) is 19.8 Å².